The number of carbonyl (C=O) groups is 1. The molecule has 1 aromatic carbocycles. The summed E-state index contributed by atoms with van der Waals surface area (Å²) < 4.78 is 47.4. The minimum atomic E-state index is -4.50. The van der Waals surface area contributed by atoms with E-state index in [1.807, 2.05) is 24.3 Å². The lowest BCUT2D eigenvalue weighted by Crippen LogP contribution is -2.37. The summed E-state index contributed by atoms with van der Waals surface area (Å²) in [4.78, 5) is 14.6. The zero-order valence-corrected chi connectivity index (χ0v) is 15.9. The molecule has 2 atom stereocenters. The summed E-state index contributed by atoms with van der Waals surface area (Å²) in [7, 11) is 0. The van der Waals surface area contributed by atoms with Crippen molar-refractivity contribution in [3.63, 3.8) is 0 Å². The van der Waals surface area contributed by atoms with Crippen molar-refractivity contribution in [2.75, 3.05) is 11.9 Å². The first-order valence-electron chi connectivity index (χ1n) is 9.72. The van der Waals surface area contributed by atoms with E-state index in [9.17, 15) is 18.0 Å². The molecular formula is C21H19F3N4O2. The molecule has 4 heterocycles. The van der Waals surface area contributed by atoms with Gasteiger partial charge in [0.1, 0.15) is 11.6 Å². The third-order valence-corrected chi connectivity index (χ3v) is 5.71. The molecule has 1 N–H and O–H groups in total. The molecule has 0 saturated carbocycles. The molecule has 6 nitrogen and oxygen atoms in total. The highest BCUT2D eigenvalue weighted by atomic mass is 19.4. The zero-order valence-electron chi connectivity index (χ0n) is 15.9. The lowest BCUT2D eigenvalue weighted by Gasteiger charge is -2.32. The van der Waals surface area contributed by atoms with Crippen LogP contribution in [0.4, 0.5) is 19.0 Å². The minimum absolute atomic E-state index is 0.00576. The summed E-state index contributed by atoms with van der Waals surface area (Å²) in [6, 6.07) is 10.0. The van der Waals surface area contributed by atoms with Crippen LogP contribution in [0.15, 0.2) is 53.1 Å². The van der Waals surface area contributed by atoms with Crippen LogP contribution in [0.3, 0.4) is 0 Å². The van der Waals surface area contributed by atoms with Gasteiger partial charge in [0.2, 0.25) is 0 Å². The Labute approximate surface area is 170 Å². The van der Waals surface area contributed by atoms with E-state index in [2.05, 4.69) is 10.4 Å². The van der Waals surface area contributed by atoms with Crippen molar-refractivity contribution in [1.29, 1.82) is 0 Å². The molecule has 2 aromatic heterocycles. The van der Waals surface area contributed by atoms with Crippen LogP contribution >= 0.6 is 0 Å². The number of hydrogen-bond acceptors (Lipinski definition) is 4. The smallest absolute Gasteiger partial charge is 0.410 e. The lowest BCUT2D eigenvalue weighted by atomic mass is 10.00. The second kappa shape index (κ2) is 6.93. The predicted octanol–water partition coefficient (Wildman–Crippen LogP) is 4.33. The number of fused-ring (bicyclic) bond motifs is 2. The fraction of sp³-hybridized carbons (Fsp3) is 0.333. The number of aromatic nitrogens is 2. The number of amides is 1. The Morgan fingerprint density at radius 3 is 2.70 bits per heavy atom. The van der Waals surface area contributed by atoms with Gasteiger partial charge in [-0.2, -0.15) is 18.3 Å². The maximum atomic E-state index is 13.8. The van der Waals surface area contributed by atoms with Gasteiger partial charge in [0.05, 0.1) is 12.3 Å². The van der Waals surface area contributed by atoms with Gasteiger partial charge >= 0.3 is 6.18 Å². The highest BCUT2D eigenvalue weighted by Crippen LogP contribution is 2.43. The van der Waals surface area contributed by atoms with Crippen molar-refractivity contribution < 1.29 is 22.4 Å². The third-order valence-electron chi connectivity index (χ3n) is 5.71. The number of carbonyl (C=O) groups excluding carboxylic acids is 1. The quantitative estimate of drug-likeness (QED) is 0.675. The molecule has 2 aliphatic rings. The molecule has 156 valence electrons. The highest BCUT2D eigenvalue weighted by Gasteiger charge is 2.47. The molecule has 5 rings (SSSR count). The molecule has 0 saturated heterocycles. The van der Waals surface area contributed by atoms with E-state index in [0.717, 1.165) is 10.2 Å². The molecule has 1 amide bonds. The monoisotopic (exact) mass is 416 g/mol. The zero-order chi connectivity index (χ0) is 20.9. The maximum absolute atomic E-state index is 13.8. The fourth-order valence-corrected chi connectivity index (χ4v) is 4.19. The van der Waals surface area contributed by atoms with E-state index in [-0.39, 0.29) is 23.8 Å². The second-order valence-corrected chi connectivity index (χ2v) is 7.61. The third kappa shape index (κ3) is 3.24. The van der Waals surface area contributed by atoms with Gasteiger partial charge in [0, 0.05) is 25.6 Å². The van der Waals surface area contributed by atoms with Crippen molar-refractivity contribution in [2.45, 2.75) is 37.6 Å². The Bertz CT molecular complexity index is 1070. The van der Waals surface area contributed by atoms with Gasteiger partial charge in [-0.15, -0.1) is 0 Å². The molecule has 0 fully saturated rings. The normalized spacial score (nSPS) is 21.0. The number of nitrogens with zero attached hydrogens (tertiary/aromatic N) is 3. The van der Waals surface area contributed by atoms with Crippen LogP contribution in [-0.2, 0) is 13.0 Å². The van der Waals surface area contributed by atoms with Crippen LogP contribution < -0.4 is 5.32 Å². The van der Waals surface area contributed by atoms with Crippen LogP contribution in [0.1, 0.15) is 45.9 Å². The molecule has 2 aliphatic heterocycles. The lowest BCUT2D eigenvalue weighted by molar-refractivity contribution is -0.174. The average Bonchev–Trinajstić information content (AvgIpc) is 3.41. The maximum Gasteiger partial charge on any atom is 0.410 e. The van der Waals surface area contributed by atoms with Crippen molar-refractivity contribution in [3.05, 3.63) is 71.3 Å². The van der Waals surface area contributed by atoms with Gasteiger partial charge in [-0.1, -0.05) is 24.3 Å². The van der Waals surface area contributed by atoms with Crippen molar-refractivity contribution >= 4 is 11.7 Å². The number of alkyl halides is 3. The standard InChI is InChI=1S/C21H19F3N4O2/c22-21(23,24)18-10-15(17-6-3-9-30-17)25-19-11-16(26-28(18)19)20(29)27-8-7-13-4-1-2-5-14(13)12-27/h1-6,9,11,15,18,25H,7-8,10,12H2. The first-order chi connectivity index (χ1) is 14.4. The number of hydrogen-bond donors (Lipinski definition) is 1. The summed E-state index contributed by atoms with van der Waals surface area (Å²) >= 11 is 0. The average molecular weight is 416 g/mol. The van der Waals surface area contributed by atoms with Crippen LogP contribution in [-0.4, -0.2) is 33.3 Å². The molecule has 30 heavy (non-hydrogen) atoms. The van der Waals surface area contributed by atoms with Gasteiger partial charge in [-0.25, -0.2) is 4.68 Å². The van der Waals surface area contributed by atoms with Gasteiger partial charge < -0.3 is 14.6 Å². The van der Waals surface area contributed by atoms with Crippen LogP contribution in [0.5, 0.6) is 0 Å². The van der Waals surface area contributed by atoms with E-state index < -0.39 is 18.3 Å². The predicted molar refractivity (Wildman–Crippen MR) is 102 cm³/mol. The van der Waals surface area contributed by atoms with Crippen molar-refractivity contribution in [2.24, 2.45) is 0 Å². The Balaban J connectivity index is 1.44. The highest BCUT2D eigenvalue weighted by molar-refractivity contribution is 5.93. The Kier molecular flexibility index (Phi) is 4.34. The van der Waals surface area contributed by atoms with E-state index in [1.165, 1.54) is 17.9 Å². The number of furan rings is 1. The topological polar surface area (TPSA) is 63.3 Å². The first-order valence-corrected chi connectivity index (χ1v) is 9.72. The first kappa shape index (κ1) is 18.8. The number of anilines is 1. The SMILES string of the molecule is O=C(c1cc2n(n1)C(C(F)(F)F)CC(c1ccco1)N2)N1CCc2ccccc2C1. The minimum Gasteiger partial charge on any atom is -0.467 e. The Hall–Kier alpha value is -3.23. The van der Waals surface area contributed by atoms with Crippen molar-refractivity contribution in [1.82, 2.24) is 14.7 Å². The Morgan fingerprint density at radius 2 is 1.97 bits per heavy atom. The molecule has 0 spiro atoms. The molecule has 9 heteroatoms. The van der Waals surface area contributed by atoms with E-state index in [0.29, 0.717) is 25.3 Å². The van der Waals surface area contributed by atoms with Crippen molar-refractivity contribution in [3.8, 4) is 0 Å². The van der Waals surface area contributed by atoms with Gasteiger partial charge in [0.25, 0.3) is 5.91 Å². The molecule has 0 radical (unpaired) electrons. The van der Waals surface area contributed by atoms with Crippen LogP contribution in [0, 0.1) is 0 Å². The number of halogens is 3. The number of benzene rings is 1. The summed E-state index contributed by atoms with van der Waals surface area (Å²) in [6.45, 7) is 0.922. The summed E-state index contributed by atoms with van der Waals surface area (Å²) in [5.74, 6) is 0.201. The number of rotatable bonds is 2. The molecule has 3 aromatic rings. The van der Waals surface area contributed by atoms with E-state index in [4.69, 9.17) is 4.42 Å². The van der Waals surface area contributed by atoms with E-state index >= 15 is 0 Å². The van der Waals surface area contributed by atoms with Gasteiger partial charge in [-0.05, 0) is 29.7 Å². The summed E-state index contributed by atoms with van der Waals surface area (Å²) in [5, 5.41) is 7.09. The molecular weight excluding hydrogens is 397 g/mol. The second-order valence-electron chi connectivity index (χ2n) is 7.61. The Morgan fingerprint density at radius 1 is 1.17 bits per heavy atom. The molecule has 0 bridgehead atoms. The fourth-order valence-electron chi connectivity index (χ4n) is 4.19. The number of nitrogens with one attached hydrogen (secondary N) is 1. The largest absolute Gasteiger partial charge is 0.467 e. The van der Waals surface area contributed by atoms with Gasteiger partial charge in [0.15, 0.2) is 11.7 Å². The van der Waals surface area contributed by atoms with E-state index in [1.54, 1.807) is 17.0 Å². The van der Waals surface area contributed by atoms with Crippen LogP contribution in [0.25, 0.3) is 0 Å². The summed E-state index contributed by atoms with van der Waals surface area (Å²) in [6.07, 6.45) is -2.64. The van der Waals surface area contributed by atoms with Crippen LogP contribution in [0.2, 0.25) is 0 Å². The molecule has 0 aliphatic carbocycles. The van der Waals surface area contributed by atoms with Gasteiger partial charge in [-0.3, -0.25) is 4.79 Å². The summed E-state index contributed by atoms with van der Waals surface area (Å²) in [5.41, 5.74) is 2.24. The molecule has 2 unspecified atom stereocenters.